The monoisotopic (exact) mass is 415 g/mol. The van der Waals surface area contributed by atoms with Gasteiger partial charge in [0.25, 0.3) is 11.6 Å². The van der Waals surface area contributed by atoms with Gasteiger partial charge in [-0.25, -0.2) is 9.59 Å². The highest BCUT2D eigenvalue weighted by Crippen LogP contribution is 2.39. The van der Waals surface area contributed by atoms with Gasteiger partial charge in [-0.05, 0) is 24.3 Å². The zero-order chi connectivity index (χ0) is 21.4. The Morgan fingerprint density at radius 3 is 2.73 bits per heavy atom. The zero-order valence-corrected chi connectivity index (χ0v) is 15.4. The zero-order valence-electron chi connectivity index (χ0n) is 15.4. The molecule has 1 aromatic carbocycles. The molecule has 12 nitrogen and oxygen atoms in total. The standard InChI is InChI=1S/C18H13N3O9/c1-27-17(23)13-3-2-10(30-13)7-20-16(22)11(19-18(20)24)4-9-5-14-15(29-8-28-14)6-12(9)21(25)26/h2-6H,7-8H2,1H3,(H,19,24)/b11-4-. The normalized spacial score (nSPS) is 16.2. The number of furan rings is 1. The van der Waals surface area contributed by atoms with Crippen molar-refractivity contribution in [1.82, 2.24) is 10.2 Å². The third-order valence-corrected chi connectivity index (χ3v) is 4.34. The third-order valence-electron chi connectivity index (χ3n) is 4.34. The van der Waals surface area contributed by atoms with Crippen LogP contribution in [0.4, 0.5) is 10.5 Å². The Morgan fingerprint density at radius 1 is 1.30 bits per heavy atom. The van der Waals surface area contributed by atoms with E-state index < -0.39 is 22.8 Å². The molecule has 1 aromatic heterocycles. The number of nitro benzene ring substituents is 1. The van der Waals surface area contributed by atoms with Crippen molar-refractivity contribution >= 4 is 29.7 Å². The molecule has 0 bridgehead atoms. The fourth-order valence-electron chi connectivity index (χ4n) is 2.92. The Kier molecular flexibility index (Phi) is 4.58. The van der Waals surface area contributed by atoms with Crippen LogP contribution in [0.5, 0.6) is 11.5 Å². The smallest absolute Gasteiger partial charge is 0.373 e. The number of carbonyl (C=O) groups is 3. The van der Waals surface area contributed by atoms with Crippen LogP contribution in [0.1, 0.15) is 21.9 Å². The Hall–Kier alpha value is -4.35. The van der Waals surface area contributed by atoms with E-state index in [9.17, 15) is 24.5 Å². The fourth-order valence-corrected chi connectivity index (χ4v) is 2.92. The third kappa shape index (κ3) is 3.30. The summed E-state index contributed by atoms with van der Waals surface area (Å²) in [5.74, 6) is -0.823. The van der Waals surface area contributed by atoms with Gasteiger partial charge in [-0.2, -0.15) is 0 Å². The second-order valence-corrected chi connectivity index (χ2v) is 6.16. The number of esters is 1. The number of hydrogen-bond acceptors (Lipinski definition) is 9. The van der Waals surface area contributed by atoms with Crippen LogP contribution in [0.2, 0.25) is 0 Å². The maximum absolute atomic E-state index is 12.7. The highest BCUT2D eigenvalue weighted by Gasteiger charge is 2.35. The predicted molar refractivity (Wildman–Crippen MR) is 96.3 cm³/mol. The number of nitrogens with one attached hydrogen (secondary N) is 1. The Balaban J connectivity index is 1.60. The van der Waals surface area contributed by atoms with Crippen LogP contribution in [-0.2, 0) is 16.1 Å². The first kappa shape index (κ1) is 19.0. The highest BCUT2D eigenvalue weighted by atomic mass is 16.7. The minimum Gasteiger partial charge on any atom is -0.463 e. The first-order chi connectivity index (χ1) is 14.4. The van der Waals surface area contributed by atoms with Gasteiger partial charge in [-0.3, -0.25) is 19.8 Å². The van der Waals surface area contributed by atoms with Crippen molar-refractivity contribution in [2.45, 2.75) is 6.54 Å². The minimum absolute atomic E-state index is 0.0562. The molecule has 0 spiro atoms. The number of carbonyl (C=O) groups excluding carboxylic acids is 3. The number of rotatable bonds is 5. The topological polar surface area (TPSA) is 150 Å². The van der Waals surface area contributed by atoms with E-state index in [0.29, 0.717) is 0 Å². The molecule has 30 heavy (non-hydrogen) atoms. The maximum atomic E-state index is 12.7. The van der Waals surface area contributed by atoms with Crippen LogP contribution < -0.4 is 14.8 Å². The average molecular weight is 415 g/mol. The molecule has 4 rings (SSSR count). The molecule has 2 aliphatic rings. The summed E-state index contributed by atoms with van der Waals surface area (Å²) >= 11 is 0. The Labute approximate surface area is 167 Å². The molecule has 0 radical (unpaired) electrons. The lowest BCUT2D eigenvalue weighted by Crippen LogP contribution is -2.30. The number of nitrogens with zero attached hydrogens (tertiary/aromatic N) is 2. The van der Waals surface area contributed by atoms with E-state index in [1.54, 1.807) is 0 Å². The van der Waals surface area contributed by atoms with Crippen LogP contribution in [0.25, 0.3) is 6.08 Å². The van der Waals surface area contributed by atoms with Gasteiger partial charge >= 0.3 is 12.0 Å². The lowest BCUT2D eigenvalue weighted by atomic mass is 10.1. The maximum Gasteiger partial charge on any atom is 0.373 e. The van der Waals surface area contributed by atoms with Gasteiger partial charge in [-0.15, -0.1) is 0 Å². The fraction of sp³-hybridized carbons (Fsp3) is 0.167. The predicted octanol–water partition coefficient (Wildman–Crippen LogP) is 1.80. The largest absolute Gasteiger partial charge is 0.463 e. The molecule has 154 valence electrons. The molecule has 3 heterocycles. The number of methoxy groups -OCH3 is 1. The van der Waals surface area contributed by atoms with Gasteiger partial charge < -0.3 is 23.9 Å². The molecule has 0 aliphatic carbocycles. The van der Waals surface area contributed by atoms with Crippen molar-refractivity contribution in [3.05, 3.63) is 57.2 Å². The van der Waals surface area contributed by atoms with Crippen molar-refractivity contribution in [2.75, 3.05) is 13.9 Å². The molecule has 3 amide bonds. The summed E-state index contributed by atoms with van der Waals surface area (Å²) in [6.07, 6.45) is 1.18. The molecule has 1 N–H and O–H groups in total. The van der Waals surface area contributed by atoms with E-state index in [0.717, 1.165) is 4.90 Å². The van der Waals surface area contributed by atoms with Crippen molar-refractivity contribution in [2.24, 2.45) is 0 Å². The molecule has 0 saturated carbocycles. The summed E-state index contributed by atoms with van der Waals surface area (Å²) in [5, 5.41) is 13.7. The van der Waals surface area contributed by atoms with Crippen LogP contribution in [0.3, 0.4) is 0 Å². The first-order valence-corrected chi connectivity index (χ1v) is 8.47. The van der Waals surface area contributed by atoms with E-state index >= 15 is 0 Å². The summed E-state index contributed by atoms with van der Waals surface area (Å²) in [5.41, 5.74) is -0.427. The second-order valence-electron chi connectivity index (χ2n) is 6.16. The van der Waals surface area contributed by atoms with Gasteiger partial charge in [-0.1, -0.05) is 0 Å². The number of nitro groups is 1. The van der Waals surface area contributed by atoms with E-state index in [2.05, 4.69) is 10.1 Å². The second kappa shape index (κ2) is 7.24. The van der Waals surface area contributed by atoms with E-state index in [1.807, 2.05) is 0 Å². The lowest BCUT2D eigenvalue weighted by Gasteiger charge is -2.09. The number of imide groups is 1. The molecule has 2 aromatic rings. The van der Waals surface area contributed by atoms with Gasteiger partial charge in [0.1, 0.15) is 11.5 Å². The highest BCUT2D eigenvalue weighted by molar-refractivity contribution is 6.14. The van der Waals surface area contributed by atoms with E-state index in [-0.39, 0.29) is 53.3 Å². The molecular formula is C18H13N3O9. The quantitative estimate of drug-likeness (QED) is 0.253. The molecular weight excluding hydrogens is 402 g/mol. The molecule has 0 unspecified atom stereocenters. The average Bonchev–Trinajstić information content (AvgIpc) is 3.43. The van der Waals surface area contributed by atoms with Crippen molar-refractivity contribution < 1.29 is 37.9 Å². The van der Waals surface area contributed by atoms with Crippen LogP contribution in [-0.4, -0.2) is 41.6 Å². The number of ether oxygens (including phenoxy) is 3. The number of hydrogen-bond donors (Lipinski definition) is 1. The van der Waals surface area contributed by atoms with Crippen LogP contribution in [0.15, 0.2) is 34.4 Å². The summed E-state index contributed by atoms with van der Waals surface area (Å²) in [6, 6.07) is 4.57. The van der Waals surface area contributed by atoms with Crippen molar-refractivity contribution in [3.8, 4) is 11.5 Å². The molecule has 1 fully saturated rings. The van der Waals surface area contributed by atoms with Crippen molar-refractivity contribution in [3.63, 3.8) is 0 Å². The Morgan fingerprint density at radius 2 is 2.03 bits per heavy atom. The van der Waals surface area contributed by atoms with Crippen LogP contribution in [0, 0.1) is 10.1 Å². The van der Waals surface area contributed by atoms with Crippen LogP contribution >= 0.6 is 0 Å². The van der Waals surface area contributed by atoms with E-state index in [4.69, 9.17) is 13.9 Å². The number of amides is 3. The van der Waals surface area contributed by atoms with Gasteiger partial charge in [0, 0.05) is 0 Å². The van der Waals surface area contributed by atoms with Crippen molar-refractivity contribution in [1.29, 1.82) is 0 Å². The molecule has 1 saturated heterocycles. The summed E-state index contributed by atoms with van der Waals surface area (Å²) < 4.78 is 20.1. The molecule has 2 aliphatic heterocycles. The van der Waals surface area contributed by atoms with E-state index in [1.165, 1.54) is 37.5 Å². The summed E-state index contributed by atoms with van der Waals surface area (Å²) in [7, 11) is 1.19. The van der Waals surface area contributed by atoms with Gasteiger partial charge in [0.2, 0.25) is 12.6 Å². The SMILES string of the molecule is COC(=O)c1ccc(CN2C(=O)N/C(=C\c3cc4c(cc3[N+](=O)[O-])OCO4)C2=O)o1. The number of urea groups is 1. The Bertz CT molecular complexity index is 1120. The minimum atomic E-state index is -0.745. The summed E-state index contributed by atoms with van der Waals surface area (Å²) in [4.78, 5) is 47.9. The van der Waals surface area contributed by atoms with Gasteiger partial charge in [0.05, 0.1) is 30.2 Å². The number of fused-ring (bicyclic) bond motifs is 1. The lowest BCUT2D eigenvalue weighted by molar-refractivity contribution is -0.385. The molecule has 0 atom stereocenters. The summed E-state index contributed by atoms with van der Waals surface area (Å²) in [6.45, 7) is -0.325. The number of benzene rings is 1. The van der Waals surface area contributed by atoms with Gasteiger partial charge in [0.15, 0.2) is 11.5 Å². The molecule has 12 heteroatoms. The first-order valence-electron chi connectivity index (χ1n) is 8.47.